The van der Waals surface area contributed by atoms with Crippen LogP contribution in [0, 0.1) is 13.8 Å². The number of halogens is 1. The highest BCUT2D eigenvalue weighted by Gasteiger charge is 2.15. The number of anilines is 1. The quantitative estimate of drug-likeness (QED) is 0.860. The summed E-state index contributed by atoms with van der Waals surface area (Å²) in [5.74, 6) is 1.71. The summed E-state index contributed by atoms with van der Waals surface area (Å²) in [5, 5.41) is 16.2. The Balaban J connectivity index is 2.26. The second-order valence-corrected chi connectivity index (χ2v) is 5.65. The van der Waals surface area contributed by atoms with Gasteiger partial charge < -0.3 is 14.8 Å². The number of hydrogen-bond acceptors (Lipinski definition) is 5. The fourth-order valence-corrected chi connectivity index (χ4v) is 2.63. The first-order chi connectivity index (χ1) is 9.93. The topological polar surface area (TPSA) is 80.3 Å². The third kappa shape index (κ3) is 3.36. The molecule has 0 aromatic carbocycles. The van der Waals surface area contributed by atoms with Crippen LogP contribution in [0.15, 0.2) is 25.9 Å². The second kappa shape index (κ2) is 6.44. The van der Waals surface area contributed by atoms with Gasteiger partial charge in [-0.2, -0.15) is 5.10 Å². The first kappa shape index (κ1) is 15.8. The van der Waals surface area contributed by atoms with E-state index in [0.29, 0.717) is 10.2 Å². The van der Waals surface area contributed by atoms with Gasteiger partial charge in [-0.3, -0.25) is 4.79 Å². The molecule has 6 nitrogen and oxygen atoms in total. The molecule has 0 amide bonds. The van der Waals surface area contributed by atoms with Crippen LogP contribution in [0.1, 0.15) is 30.0 Å². The van der Waals surface area contributed by atoms with Crippen LogP contribution < -0.4 is 10.9 Å². The predicted molar refractivity (Wildman–Crippen MR) is 83.5 cm³/mol. The Hall–Kier alpha value is -1.60. The third-order valence-corrected chi connectivity index (χ3v) is 3.98. The summed E-state index contributed by atoms with van der Waals surface area (Å²) in [6.07, 6.45) is 1.57. The van der Waals surface area contributed by atoms with Crippen molar-refractivity contribution in [2.24, 2.45) is 0 Å². The van der Waals surface area contributed by atoms with E-state index in [1.54, 1.807) is 6.20 Å². The molecule has 0 fully saturated rings. The Kier molecular flexibility index (Phi) is 4.84. The van der Waals surface area contributed by atoms with Gasteiger partial charge >= 0.3 is 0 Å². The normalized spacial score (nSPS) is 12.4. The summed E-state index contributed by atoms with van der Waals surface area (Å²) in [4.78, 5) is 12.1. The molecular weight excluding hydrogens is 338 g/mol. The van der Waals surface area contributed by atoms with Crippen molar-refractivity contribution in [1.29, 1.82) is 0 Å². The van der Waals surface area contributed by atoms with Crippen LogP contribution >= 0.6 is 15.9 Å². The van der Waals surface area contributed by atoms with E-state index in [1.807, 2.05) is 26.8 Å². The molecule has 2 N–H and O–H groups in total. The number of rotatable bonds is 5. The maximum Gasteiger partial charge on any atom is 0.283 e. The van der Waals surface area contributed by atoms with Crippen LogP contribution in [0.5, 0.6) is 0 Å². The number of furan rings is 1. The highest BCUT2D eigenvalue weighted by atomic mass is 79.9. The van der Waals surface area contributed by atoms with Crippen molar-refractivity contribution in [1.82, 2.24) is 9.78 Å². The molecule has 114 valence electrons. The average molecular weight is 356 g/mol. The van der Waals surface area contributed by atoms with Crippen molar-refractivity contribution < 1.29 is 9.52 Å². The number of aryl methyl sites for hydroxylation is 2. The molecule has 0 spiro atoms. The van der Waals surface area contributed by atoms with Crippen LogP contribution in [0.3, 0.4) is 0 Å². The summed E-state index contributed by atoms with van der Waals surface area (Å²) in [6.45, 7) is 5.84. The van der Waals surface area contributed by atoms with Crippen molar-refractivity contribution in [2.45, 2.75) is 33.4 Å². The van der Waals surface area contributed by atoms with Gasteiger partial charge in [-0.05, 0) is 42.8 Å². The standard InChI is InChI=1S/C14H18BrN3O3/c1-8-6-11(10(3)21-8)9(2)17-12-7-16-18(4-5-19)14(20)13(12)15/h6-7,9,17,19H,4-5H2,1-3H3. The Labute approximate surface area is 130 Å². The summed E-state index contributed by atoms with van der Waals surface area (Å²) >= 11 is 3.28. The lowest BCUT2D eigenvalue weighted by Gasteiger charge is -2.16. The second-order valence-electron chi connectivity index (χ2n) is 4.86. The van der Waals surface area contributed by atoms with Gasteiger partial charge in [0.15, 0.2) is 0 Å². The molecule has 0 aliphatic heterocycles. The molecule has 1 atom stereocenters. The minimum Gasteiger partial charge on any atom is -0.466 e. The van der Waals surface area contributed by atoms with Crippen LogP contribution in [-0.2, 0) is 6.54 Å². The molecule has 2 heterocycles. The van der Waals surface area contributed by atoms with Gasteiger partial charge in [-0.25, -0.2) is 4.68 Å². The maximum atomic E-state index is 12.1. The fraction of sp³-hybridized carbons (Fsp3) is 0.429. The zero-order valence-corrected chi connectivity index (χ0v) is 13.8. The van der Waals surface area contributed by atoms with Gasteiger partial charge in [-0.15, -0.1) is 0 Å². The average Bonchev–Trinajstić information content (AvgIpc) is 2.77. The molecule has 1 unspecified atom stereocenters. The molecule has 0 saturated heterocycles. The predicted octanol–water partition coefficient (Wildman–Crippen LogP) is 2.38. The number of aliphatic hydroxyl groups excluding tert-OH is 1. The first-order valence-electron chi connectivity index (χ1n) is 6.64. The van der Waals surface area contributed by atoms with Gasteiger partial charge in [0.1, 0.15) is 16.0 Å². The zero-order valence-electron chi connectivity index (χ0n) is 12.2. The van der Waals surface area contributed by atoms with E-state index in [2.05, 4.69) is 26.3 Å². The first-order valence-corrected chi connectivity index (χ1v) is 7.43. The highest BCUT2D eigenvalue weighted by molar-refractivity contribution is 9.10. The van der Waals surface area contributed by atoms with Crippen LogP contribution in [0.2, 0.25) is 0 Å². The van der Waals surface area contributed by atoms with Crippen LogP contribution in [0.25, 0.3) is 0 Å². The number of aliphatic hydroxyl groups is 1. The molecule has 0 radical (unpaired) electrons. The highest BCUT2D eigenvalue weighted by Crippen LogP contribution is 2.26. The molecule has 0 bridgehead atoms. The van der Waals surface area contributed by atoms with Gasteiger partial charge in [0.2, 0.25) is 0 Å². The maximum absolute atomic E-state index is 12.1. The van der Waals surface area contributed by atoms with Crippen molar-refractivity contribution >= 4 is 21.6 Å². The molecule has 2 aromatic heterocycles. The molecule has 2 rings (SSSR count). The molecule has 0 aliphatic carbocycles. The van der Waals surface area contributed by atoms with Gasteiger partial charge in [0, 0.05) is 5.56 Å². The Morgan fingerprint density at radius 3 is 2.81 bits per heavy atom. The molecule has 0 saturated carbocycles. The van der Waals surface area contributed by atoms with E-state index >= 15 is 0 Å². The Bertz CT molecular complexity index is 693. The molecule has 7 heteroatoms. The number of aromatic nitrogens is 2. The minimum absolute atomic E-state index is 0.0198. The number of hydrogen-bond donors (Lipinski definition) is 2. The SMILES string of the molecule is Cc1cc(C(C)Nc2cnn(CCO)c(=O)c2Br)c(C)o1. The minimum atomic E-state index is -0.277. The van der Waals surface area contributed by atoms with E-state index in [9.17, 15) is 4.79 Å². The third-order valence-electron chi connectivity index (χ3n) is 3.21. The van der Waals surface area contributed by atoms with Crippen molar-refractivity contribution in [2.75, 3.05) is 11.9 Å². The van der Waals surface area contributed by atoms with Crippen LogP contribution in [-0.4, -0.2) is 21.5 Å². The van der Waals surface area contributed by atoms with E-state index in [0.717, 1.165) is 17.1 Å². The van der Waals surface area contributed by atoms with E-state index in [1.165, 1.54) is 4.68 Å². The van der Waals surface area contributed by atoms with E-state index in [4.69, 9.17) is 9.52 Å². The van der Waals surface area contributed by atoms with Gasteiger partial charge in [0.05, 0.1) is 31.1 Å². The van der Waals surface area contributed by atoms with Crippen LogP contribution in [0.4, 0.5) is 5.69 Å². The zero-order chi connectivity index (χ0) is 15.6. The lowest BCUT2D eigenvalue weighted by Crippen LogP contribution is -2.26. The molecule has 0 aliphatic rings. The summed E-state index contributed by atoms with van der Waals surface area (Å²) < 4.78 is 7.13. The molecule has 2 aromatic rings. The van der Waals surface area contributed by atoms with Gasteiger partial charge in [0.25, 0.3) is 5.56 Å². The van der Waals surface area contributed by atoms with Crippen molar-refractivity contribution in [3.63, 3.8) is 0 Å². The summed E-state index contributed by atoms with van der Waals surface area (Å²) in [6, 6.07) is 1.95. The lowest BCUT2D eigenvalue weighted by atomic mass is 10.1. The molecule has 21 heavy (non-hydrogen) atoms. The van der Waals surface area contributed by atoms with E-state index < -0.39 is 0 Å². The lowest BCUT2D eigenvalue weighted by molar-refractivity contribution is 0.266. The summed E-state index contributed by atoms with van der Waals surface area (Å²) in [7, 11) is 0. The molecular formula is C14H18BrN3O3. The van der Waals surface area contributed by atoms with Gasteiger partial charge in [-0.1, -0.05) is 0 Å². The van der Waals surface area contributed by atoms with Crippen molar-refractivity contribution in [3.8, 4) is 0 Å². The Morgan fingerprint density at radius 2 is 2.24 bits per heavy atom. The largest absolute Gasteiger partial charge is 0.466 e. The van der Waals surface area contributed by atoms with Crippen molar-refractivity contribution in [3.05, 3.63) is 44.2 Å². The smallest absolute Gasteiger partial charge is 0.283 e. The Morgan fingerprint density at radius 1 is 1.52 bits per heavy atom. The number of nitrogens with zero attached hydrogens (tertiary/aromatic N) is 2. The fourth-order valence-electron chi connectivity index (χ4n) is 2.21. The summed E-state index contributed by atoms with van der Waals surface area (Å²) in [5.41, 5.74) is 1.38. The number of nitrogens with one attached hydrogen (secondary N) is 1. The van der Waals surface area contributed by atoms with E-state index in [-0.39, 0.29) is 24.8 Å². The monoisotopic (exact) mass is 355 g/mol.